The van der Waals surface area contributed by atoms with Crippen molar-refractivity contribution >= 4 is 28.9 Å². The molecule has 2 saturated carbocycles. The van der Waals surface area contributed by atoms with Gasteiger partial charge in [-0.25, -0.2) is 9.37 Å². The van der Waals surface area contributed by atoms with Crippen molar-refractivity contribution in [3.05, 3.63) is 35.8 Å². The molecule has 2 unspecified atom stereocenters. The lowest BCUT2D eigenvalue weighted by Crippen LogP contribution is -2.52. The van der Waals surface area contributed by atoms with Crippen molar-refractivity contribution in [2.24, 2.45) is 5.92 Å². The number of hydrogen-bond donors (Lipinski definition) is 3. The number of amides is 1. The Bertz CT molecular complexity index is 1350. The first-order valence-corrected chi connectivity index (χ1v) is 12.6. The maximum absolute atomic E-state index is 14.4. The van der Waals surface area contributed by atoms with Gasteiger partial charge in [-0.15, -0.1) is 0 Å². The Hall–Kier alpha value is -3.60. The first-order valence-electron chi connectivity index (χ1n) is 12.6. The van der Waals surface area contributed by atoms with Crippen LogP contribution in [0, 0.1) is 11.7 Å². The van der Waals surface area contributed by atoms with Gasteiger partial charge in [0.2, 0.25) is 0 Å². The van der Waals surface area contributed by atoms with Gasteiger partial charge in [0, 0.05) is 56.8 Å². The van der Waals surface area contributed by atoms with Crippen LogP contribution < -0.4 is 25.4 Å². The molecule has 3 fully saturated rings. The molecule has 188 valence electrons. The number of nitrogens with one attached hydrogen (secondary N) is 3. The highest BCUT2D eigenvalue weighted by atomic mass is 19.1. The van der Waals surface area contributed by atoms with Crippen LogP contribution in [0.1, 0.15) is 36.0 Å². The third-order valence-electron chi connectivity index (χ3n) is 7.55. The number of likely N-dealkylation sites (tertiary alicyclic amines) is 1. The fourth-order valence-electron chi connectivity index (χ4n) is 5.21. The Labute approximate surface area is 207 Å². The highest BCUT2D eigenvalue weighted by Gasteiger charge is 2.41. The van der Waals surface area contributed by atoms with E-state index in [0.717, 1.165) is 32.0 Å². The van der Waals surface area contributed by atoms with Gasteiger partial charge in [0.1, 0.15) is 35.2 Å². The molecule has 11 heteroatoms. The molecule has 2 aromatic heterocycles. The number of halogens is 1. The minimum Gasteiger partial charge on any atom is -0.482 e. The number of nitrogens with zero attached hydrogens (tertiary/aromatic N) is 4. The Morgan fingerprint density at radius 3 is 2.69 bits per heavy atom. The summed E-state index contributed by atoms with van der Waals surface area (Å²) in [6.07, 6.45) is 5.89. The van der Waals surface area contributed by atoms with Gasteiger partial charge < -0.3 is 25.4 Å². The van der Waals surface area contributed by atoms with Gasteiger partial charge in [-0.3, -0.25) is 9.69 Å². The van der Waals surface area contributed by atoms with Crippen molar-refractivity contribution in [2.75, 3.05) is 37.3 Å². The topological polar surface area (TPSA) is 105 Å². The van der Waals surface area contributed by atoms with Crippen LogP contribution in [0.25, 0.3) is 5.65 Å². The van der Waals surface area contributed by atoms with Crippen molar-refractivity contribution < 1.29 is 18.7 Å². The SMILES string of the molecule is CNc1cc(Nc2cc(F)cc3c2OC2CCC2O3)nc2c(C(=O)NCC3CN(C4CC4)C3)cnn12. The number of carbonyl (C=O) groups is 1. The molecular weight excluding hydrogens is 465 g/mol. The lowest BCUT2D eigenvalue weighted by molar-refractivity contribution is -0.0464. The first-order chi connectivity index (χ1) is 17.6. The van der Waals surface area contributed by atoms with Gasteiger partial charge in [0.15, 0.2) is 17.1 Å². The molecule has 2 aliphatic heterocycles. The first kappa shape index (κ1) is 21.7. The quantitative estimate of drug-likeness (QED) is 0.462. The van der Waals surface area contributed by atoms with E-state index in [1.54, 1.807) is 17.6 Å². The number of anilines is 3. The second kappa shape index (κ2) is 8.22. The number of carbonyl (C=O) groups excluding carboxylic acids is 1. The van der Waals surface area contributed by atoms with Crippen LogP contribution in [0.2, 0.25) is 0 Å². The van der Waals surface area contributed by atoms with E-state index in [9.17, 15) is 9.18 Å². The Morgan fingerprint density at radius 1 is 1.14 bits per heavy atom. The number of hydrogen-bond acceptors (Lipinski definition) is 8. The number of aromatic nitrogens is 3. The maximum atomic E-state index is 14.4. The lowest BCUT2D eigenvalue weighted by Gasteiger charge is -2.41. The van der Waals surface area contributed by atoms with E-state index in [2.05, 4.69) is 30.9 Å². The average molecular weight is 494 g/mol. The summed E-state index contributed by atoms with van der Waals surface area (Å²) < 4.78 is 28.0. The Kier molecular flexibility index (Phi) is 4.95. The second-order valence-corrected chi connectivity index (χ2v) is 10.1. The van der Waals surface area contributed by atoms with Gasteiger partial charge in [-0.05, 0) is 25.7 Å². The number of fused-ring (bicyclic) bond motifs is 3. The molecule has 36 heavy (non-hydrogen) atoms. The fourth-order valence-corrected chi connectivity index (χ4v) is 5.21. The molecule has 1 amide bonds. The van der Waals surface area contributed by atoms with Gasteiger partial charge in [-0.1, -0.05) is 0 Å². The lowest BCUT2D eigenvalue weighted by atomic mass is 9.90. The highest BCUT2D eigenvalue weighted by molar-refractivity contribution is 6.00. The van der Waals surface area contributed by atoms with Crippen molar-refractivity contribution in [3.63, 3.8) is 0 Å². The maximum Gasteiger partial charge on any atom is 0.256 e. The van der Waals surface area contributed by atoms with Gasteiger partial charge >= 0.3 is 0 Å². The van der Waals surface area contributed by atoms with Crippen LogP contribution >= 0.6 is 0 Å². The zero-order valence-corrected chi connectivity index (χ0v) is 20.0. The summed E-state index contributed by atoms with van der Waals surface area (Å²) in [5.41, 5.74) is 1.20. The monoisotopic (exact) mass is 493 g/mol. The molecule has 3 aromatic rings. The average Bonchev–Trinajstić information content (AvgIpc) is 3.56. The van der Waals surface area contributed by atoms with Crippen molar-refractivity contribution in [2.45, 2.75) is 43.9 Å². The zero-order valence-electron chi connectivity index (χ0n) is 20.0. The smallest absolute Gasteiger partial charge is 0.256 e. The molecule has 2 aliphatic carbocycles. The molecule has 10 nitrogen and oxygen atoms in total. The molecule has 3 N–H and O–H groups in total. The summed E-state index contributed by atoms with van der Waals surface area (Å²) in [6.45, 7) is 2.72. The summed E-state index contributed by atoms with van der Waals surface area (Å²) >= 11 is 0. The summed E-state index contributed by atoms with van der Waals surface area (Å²) in [5, 5.41) is 13.7. The van der Waals surface area contributed by atoms with E-state index >= 15 is 0 Å². The number of rotatable bonds is 7. The van der Waals surface area contributed by atoms with E-state index in [1.807, 2.05) is 0 Å². The summed E-state index contributed by atoms with van der Waals surface area (Å²) in [6, 6.07) is 5.22. The Morgan fingerprint density at radius 2 is 1.94 bits per heavy atom. The largest absolute Gasteiger partial charge is 0.482 e. The molecule has 7 rings (SSSR count). The van der Waals surface area contributed by atoms with Crippen molar-refractivity contribution in [3.8, 4) is 11.5 Å². The number of ether oxygens (including phenoxy) is 2. The summed E-state index contributed by atoms with van der Waals surface area (Å²) in [7, 11) is 1.76. The molecule has 2 atom stereocenters. The minimum atomic E-state index is -0.437. The van der Waals surface area contributed by atoms with Gasteiger partial charge in [0.05, 0.1) is 11.9 Å². The van der Waals surface area contributed by atoms with E-state index in [4.69, 9.17) is 9.47 Å². The van der Waals surface area contributed by atoms with Crippen LogP contribution in [-0.2, 0) is 0 Å². The molecule has 1 saturated heterocycles. The summed E-state index contributed by atoms with van der Waals surface area (Å²) in [5.74, 6) is 1.73. The fraction of sp³-hybridized carbons (Fsp3) is 0.480. The van der Waals surface area contributed by atoms with Crippen LogP contribution in [0.4, 0.5) is 21.7 Å². The second-order valence-electron chi connectivity index (χ2n) is 10.1. The van der Waals surface area contributed by atoms with Crippen LogP contribution in [0.15, 0.2) is 24.4 Å². The van der Waals surface area contributed by atoms with E-state index in [-0.39, 0.29) is 18.1 Å². The molecule has 0 radical (unpaired) electrons. The molecular formula is C25H28FN7O3. The van der Waals surface area contributed by atoms with Crippen LogP contribution in [-0.4, -0.2) is 70.3 Å². The molecule has 4 heterocycles. The van der Waals surface area contributed by atoms with E-state index in [0.29, 0.717) is 52.5 Å². The van der Waals surface area contributed by atoms with Crippen LogP contribution in [0.3, 0.4) is 0 Å². The van der Waals surface area contributed by atoms with Gasteiger partial charge in [-0.2, -0.15) is 9.61 Å². The Balaban J connectivity index is 1.14. The molecule has 1 aromatic carbocycles. The standard InChI is InChI=1S/C25H28FN7O3/c1-27-22-8-21(30-17-6-14(26)7-20-23(17)36-19-5-4-18(19)35-20)31-24-16(10-29-33(22)24)25(34)28-9-13-11-32(12-13)15-2-3-15/h6-8,10,13,15,18-19,27H,2-5,9,11-12H2,1H3,(H,28,34)(H,30,31). The molecule has 0 spiro atoms. The highest BCUT2D eigenvalue weighted by Crippen LogP contribution is 2.46. The predicted molar refractivity (Wildman–Crippen MR) is 131 cm³/mol. The van der Waals surface area contributed by atoms with Crippen molar-refractivity contribution in [1.82, 2.24) is 24.8 Å². The van der Waals surface area contributed by atoms with E-state index < -0.39 is 5.82 Å². The number of benzene rings is 1. The third-order valence-corrected chi connectivity index (χ3v) is 7.55. The molecule has 0 bridgehead atoms. The molecule has 4 aliphatic rings. The zero-order chi connectivity index (χ0) is 24.4. The summed E-state index contributed by atoms with van der Waals surface area (Å²) in [4.78, 5) is 20.2. The minimum absolute atomic E-state index is 0.0241. The van der Waals surface area contributed by atoms with Gasteiger partial charge in [0.25, 0.3) is 5.91 Å². The van der Waals surface area contributed by atoms with E-state index in [1.165, 1.54) is 31.2 Å². The third kappa shape index (κ3) is 3.69. The van der Waals surface area contributed by atoms with Crippen LogP contribution in [0.5, 0.6) is 11.5 Å². The van der Waals surface area contributed by atoms with Crippen molar-refractivity contribution in [1.29, 1.82) is 0 Å². The normalized spacial score (nSPS) is 22.9. The predicted octanol–water partition coefficient (Wildman–Crippen LogP) is 2.78.